The average molecular weight is 449 g/mol. The number of hydrogen-bond acceptors (Lipinski definition) is 5. The van der Waals surface area contributed by atoms with Gasteiger partial charge in [-0.25, -0.2) is 4.98 Å². The highest BCUT2D eigenvalue weighted by Gasteiger charge is 2.32. The fraction of sp³-hybridized carbons (Fsp3) is 0.294. The molecular weight excluding hydrogens is 436 g/mol. The molecule has 29 heavy (non-hydrogen) atoms. The van der Waals surface area contributed by atoms with Crippen molar-refractivity contribution >= 4 is 40.6 Å². The van der Waals surface area contributed by atoms with Crippen LogP contribution in [0.2, 0.25) is 10.0 Å². The van der Waals surface area contributed by atoms with Gasteiger partial charge in [0.15, 0.2) is 0 Å². The predicted molar refractivity (Wildman–Crippen MR) is 100 cm³/mol. The number of piperazine rings is 1. The number of halogens is 5. The van der Waals surface area contributed by atoms with Gasteiger partial charge >= 0.3 is 6.18 Å². The molecule has 0 aliphatic carbocycles. The van der Waals surface area contributed by atoms with Crippen LogP contribution < -0.4 is 4.90 Å². The van der Waals surface area contributed by atoms with Crippen LogP contribution in [0, 0.1) is 10.1 Å². The molecule has 2 aromatic rings. The monoisotopic (exact) mass is 448 g/mol. The molecule has 1 aromatic heterocycles. The molecule has 0 saturated carbocycles. The topological polar surface area (TPSA) is 79.6 Å². The maximum Gasteiger partial charge on any atom is 0.417 e. The third-order valence-electron chi connectivity index (χ3n) is 4.41. The Morgan fingerprint density at radius 3 is 2.31 bits per heavy atom. The molecule has 1 aromatic carbocycles. The number of pyridine rings is 1. The van der Waals surface area contributed by atoms with Gasteiger partial charge in [-0.2, -0.15) is 13.2 Å². The van der Waals surface area contributed by atoms with Gasteiger partial charge in [-0.05, 0) is 18.2 Å². The van der Waals surface area contributed by atoms with E-state index in [2.05, 4.69) is 4.98 Å². The van der Waals surface area contributed by atoms with Crippen molar-refractivity contribution < 1.29 is 22.9 Å². The molecule has 1 aliphatic rings. The maximum atomic E-state index is 12.7. The minimum atomic E-state index is -4.54. The van der Waals surface area contributed by atoms with Gasteiger partial charge in [0.1, 0.15) is 10.8 Å². The standard InChI is InChI=1S/C17H13Cl2F3N4O3/c18-12-2-1-10(7-14(12)26(28)29)16(27)25-5-3-24(4-6-25)15-13(19)8-11(9-23-15)17(20,21)22/h1-2,7-9H,3-6H2. The Morgan fingerprint density at radius 1 is 1.10 bits per heavy atom. The molecule has 0 bridgehead atoms. The SMILES string of the molecule is O=C(c1ccc(Cl)c([N+](=O)[O-])c1)N1CCN(c2ncc(C(F)(F)F)cc2Cl)CC1. The number of anilines is 1. The first kappa shape index (κ1) is 21.1. The minimum Gasteiger partial charge on any atom is -0.352 e. The maximum absolute atomic E-state index is 12.7. The number of alkyl halides is 3. The molecule has 7 nitrogen and oxygen atoms in total. The van der Waals surface area contributed by atoms with Gasteiger partial charge in [-0.1, -0.05) is 23.2 Å². The number of benzene rings is 1. The molecule has 1 saturated heterocycles. The molecule has 0 atom stereocenters. The zero-order valence-corrected chi connectivity index (χ0v) is 16.1. The number of carbonyl (C=O) groups excluding carboxylic acids is 1. The van der Waals surface area contributed by atoms with E-state index in [-0.39, 0.29) is 40.2 Å². The van der Waals surface area contributed by atoms with Crippen molar-refractivity contribution in [2.75, 3.05) is 31.1 Å². The number of carbonyl (C=O) groups is 1. The third-order valence-corrected chi connectivity index (χ3v) is 5.00. The fourth-order valence-corrected chi connectivity index (χ4v) is 3.38. The van der Waals surface area contributed by atoms with E-state index in [0.717, 1.165) is 12.1 Å². The van der Waals surface area contributed by atoms with Crippen molar-refractivity contribution in [1.82, 2.24) is 9.88 Å². The molecule has 2 heterocycles. The number of hydrogen-bond donors (Lipinski definition) is 0. The predicted octanol–water partition coefficient (Wildman–Crippen LogP) is 4.28. The van der Waals surface area contributed by atoms with E-state index in [1.807, 2.05) is 0 Å². The van der Waals surface area contributed by atoms with Crippen LogP contribution in [0.5, 0.6) is 0 Å². The highest BCUT2D eigenvalue weighted by Crippen LogP contribution is 2.34. The quantitative estimate of drug-likeness (QED) is 0.517. The molecule has 3 rings (SSSR count). The van der Waals surface area contributed by atoms with Crippen molar-refractivity contribution in [3.05, 3.63) is 61.7 Å². The van der Waals surface area contributed by atoms with E-state index >= 15 is 0 Å². The molecule has 0 unspecified atom stereocenters. The summed E-state index contributed by atoms with van der Waals surface area (Å²) in [6.07, 6.45) is -3.83. The summed E-state index contributed by atoms with van der Waals surface area (Å²) in [5, 5.41) is 10.8. The van der Waals surface area contributed by atoms with Crippen LogP contribution in [0.1, 0.15) is 15.9 Å². The first-order valence-electron chi connectivity index (χ1n) is 8.29. The van der Waals surface area contributed by atoms with Crippen LogP contribution in [0.25, 0.3) is 0 Å². The molecule has 1 fully saturated rings. The lowest BCUT2D eigenvalue weighted by atomic mass is 10.1. The number of nitrogens with zero attached hydrogens (tertiary/aromatic N) is 4. The summed E-state index contributed by atoms with van der Waals surface area (Å²) < 4.78 is 38.2. The van der Waals surface area contributed by atoms with E-state index in [0.29, 0.717) is 19.3 Å². The minimum absolute atomic E-state index is 0.0700. The zero-order valence-electron chi connectivity index (χ0n) is 14.6. The van der Waals surface area contributed by atoms with Gasteiger partial charge < -0.3 is 9.80 Å². The van der Waals surface area contributed by atoms with Crippen LogP contribution in [0.15, 0.2) is 30.5 Å². The van der Waals surface area contributed by atoms with E-state index in [1.165, 1.54) is 17.0 Å². The van der Waals surface area contributed by atoms with Crippen molar-refractivity contribution in [1.29, 1.82) is 0 Å². The number of aromatic nitrogens is 1. The second-order valence-electron chi connectivity index (χ2n) is 6.23. The number of nitro groups is 1. The van der Waals surface area contributed by atoms with E-state index in [4.69, 9.17) is 23.2 Å². The summed E-state index contributed by atoms with van der Waals surface area (Å²) in [5.41, 5.74) is -1.18. The lowest BCUT2D eigenvalue weighted by Crippen LogP contribution is -2.49. The van der Waals surface area contributed by atoms with Gasteiger partial charge in [-0.3, -0.25) is 14.9 Å². The summed E-state index contributed by atoms with van der Waals surface area (Å²) in [5.74, 6) is -0.204. The number of nitro benzene ring substituents is 1. The van der Waals surface area contributed by atoms with Crippen LogP contribution >= 0.6 is 23.2 Å². The fourth-order valence-electron chi connectivity index (χ4n) is 2.91. The van der Waals surface area contributed by atoms with Gasteiger partial charge in [-0.15, -0.1) is 0 Å². The average Bonchev–Trinajstić information content (AvgIpc) is 2.67. The Bertz CT molecular complexity index is 963. The Labute approximate surface area is 172 Å². The number of rotatable bonds is 3. The van der Waals surface area contributed by atoms with Gasteiger partial charge in [0.2, 0.25) is 0 Å². The van der Waals surface area contributed by atoms with Crippen molar-refractivity contribution in [2.45, 2.75) is 6.18 Å². The van der Waals surface area contributed by atoms with E-state index in [1.54, 1.807) is 4.90 Å². The number of amides is 1. The summed E-state index contributed by atoms with van der Waals surface area (Å²) >= 11 is 11.7. The first-order chi connectivity index (χ1) is 13.6. The Kier molecular flexibility index (Phi) is 5.85. The molecular formula is C17H13Cl2F3N4O3. The Morgan fingerprint density at radius 2 is 1.76 bits per heavy atom. The van der Waals surface area contributed by atoms with Gasteiger partial charge in [0.05, 0.1) is 15.5 Å². The second-order valence-corrected chi connectivity index (χ2v) is 7.04. The zero-order chi connectivity index (χ0) is 21.3. The lowest BCUT2D eigenvalue weighted by molar-refractivity contribution is -0.384. The molecule has 12 heteroatoms. The van der Waals surface area contributed by atoms with Crippen LogP contribution in [0.4, 0.5) is 24.7 Å². The largest absolute Gasteiger partial charge is 0.417 e. The van der Waals surface area contributed by atoms with E-state index < -0.39 is 22.6 Å². The van der Waals surface area contributed by atoms with Gasteiger partial charge in [0, 0.05) is 44.0 Å². The van der Waals surface area contributed by atoms with Gasteiger partial charge in [0.25, 0.3) is 11.6 Å². The molecule has 1 amide bonds. The molecule has 0 N–H and O–H groups in total. The Hall–Kier alpha value is -2.59. The molecule has 154 valence electrons. The van der Waals surface area contributed by atoms with Crippen molar-refractivity contribution in [3.8, 4) is 0 Å². The molecule has 0 radical (unpaired) electrons. The highest BCUT2D eigenvalue weighted by atomic mass is 35.5. The van der Waals surface area contributed by atoms with Crippen LogP contribution in [-0.4, -0.2) is 46.9 Å². The van der Waals surface area contributed by atoms with Crippen LogP contribution in [0.3, 0.4) is 0 Å². The van der Waals surface area contributed by atoms with E-state index in [9.17, 15) is 28.1 Å². The molecule has 1 aliphatic heterocycles. The normalized spacial score (nSPS) is 14.8. The van der Waals surface area contributed by atoms with Crippen LogP contribution in [-0.2, 0) is 6.18 Å². The molecule has 0 spiro atoms. The first-order valence-corrected chi connectivity index (χ1v) is 9.04. The van der Waals surface area contributed by atoms with Crippen molar-refractivity contribution in [2.24, 2.45) is 0 Å². The second kappa shape index (κ2) is 8.03. The highest BCUT2D eigenvalue weighted by molar-refractivity contribution is 6.33. The summed E-state index contributed by atoms with van der Waals surface area (Å²) in [4.78, 5) is 29.9. The van der Waals surface area contributed by atoms with Crippen molar-refractivity contribution in [3.63, 3.8) is 0 Å². The lowest BCUT2D eigenvalue weighted by Gasteiger charge is -2.35. The summed E-state index contributed by atoms with van der Waals surface area (Å²) in [7, 11) is 0. The third kappa shape index (κ3) is 4.54. The summed E-state index contributed by atoms with van der Waals surface area (Å²) in [6, 6.07) is 4.62. The smallest absolute Gasteiger partial charge is 0.352 e. The Balaban J connectivity index is 1.70. The summed E-state index contributed by atoms with van der Waals surface area (Å²) in [6.45, 7) is 1.07.